The Morgan fingerprint density at radius 1 is 1.44 bits per heavy atom. The average Bonchev–Trinajstić information content (AvgIpc) is 2.87. The molecule has 96 valence electrons. The predicted molar refractivity (Wildman–Crippen MR) is 75.2 cm³/mol. The first-order valence-electron chi connectivity index (χ1n) is 5.69. The maximum absolute atomic E-state index is 12.2. The van der Waals surface area contributed by atoms with E-state index in [9.17, 15) is 4.79 Å². The van der Waals surface area contributed by atoms with Gasteiger partial charge in [0.1, 0.15) is 0 Å². The van der Waals surface area contributed by atoms with Crippen molar-refractivity contribution >= 4 is 33.0 Å². The number of halogens is 1. The average molecular weight is 328 g/mol. The third-order valence-corrected chi connectivity index (χ3v) is 4.78. The molecule has 0 aliphatic heterocycles. The molecule has 6 heteroatoms. The Balaban J connectivity index is 2.30. The molecule has 2 heterocycles. The second-order valence-electron chi connectivity index (χ2n) is 4.03. The summed E-state index contributed by atoms with van der Waals surface area (Å²) < 4.78 is 2.80. The molecule has 2 rings (SSSR count). The molecule has 0 unspecified atom stereocenters. The number of ketones is 1. The fourth-order valence-corrected chi connectivity index (χ4v) is 3.01. The summed E-state index contributed by atoms with van der Waals surface area (Å²) in [5.74, 6) is 0.102. The molecule has 0 saturated heterocycles. The number of Topliss-reactive ketones (excluding diaryl/α,β-unsaturated/α-hetero) is 1. The number of nitrogens with zero attached hydrogens (tertiary/aromatic N) is 3. The first-order chi connectivity index (χ1) is 8.54. The Kier molecular flexibility index (Phi) is 3.97. The van der Waals surface area contributed by atoms with Crippen LogP contribution in [-0.2, 0) is 13.0 Å². The van der Waals surface area contributed by atoms with Gasteiger partial charge >= 0.3 is 0 Å². The van der Waals surface area contributed by atoms with Crippen LogP contribution in [-0.4, -0.2) is 20.5 Å². The van der Waals surface area contributed by atoms with E-state index in [1.54, 1.807) is 5.51 Å². The molecule has 0 N–H and O–H groups in total. The molecule has 0 saturated carbocycles. The minimum atomic E-state index is 0.102. The van der Waals surface area contributed by atoms with Crippen LogP contribution in [0.2, 0.25) is 0 Å². The normalized spacial score (nSPS) is 10.9. The monoisotopic (exact) mass is 327 g/mol. The van der Waals surface area contributed by atoms with Crippen LogP contribution in [0, 0.1) is 13.8 Å². The second-order valence-corrected chi connectivity index (χ2v) is 5.68. The zero-order chi connectivity index (χ0) is 13.3. The highest BCUT2D eigenvalue weighted by molar-refractivity contribution is 9.10. The number of aryl methyl sites for hydroxylation is 3. The lowest BCUT2D eigenvalue weighted by Gasteiger charge is -2.04. The summed E-state index contributed by atoms with van der Waals surface area (Å²) in [7, 11) is 0. The summed E-state index contributed by atoms with van der Waals surface area (Å²) in [6, 6.07) is 0. The van der Waals surface area contributed by atoms with Gasteiger partial charge in [0.2, 0.25) is 0 Å². The second kappa shape index (κ2) is 5.32. The third-order valence-electron chi connectivity index (χ3n) is 2.78. The van der Waals surface area contributed by atoms with E-state index in [0.29, 0.717) is 6.42 Å². The molecule has 0 atom stereocenters. The van der Waals surface area contributed by atoms with Crippen LogP contribution in [0.3, 0.4) is 0 Å². The number of hydrogen-bond donors (Lipinski definition) is 0. The summed E-state index contributed by atoms with van der Waals surface area (Å²) in [5.41, 5.74) is 4.37. The molecule has 0 spiro atoms. The zero-order valence-electron chi connectivity index (χ0n) is 10.5. The van der Waals surface area contributed by atoms with E-state index in [1.165, 1.54) is 11.3 Å². The minimum absolute atomic E-state index is 0.102. The standard InChI is InChI=1S/C12H14BrN3OS/c1-4-16-9(11(13)7(2)15-16)5-10(17)12-8(3)14-6-18-12/h6H,4-5H2,1-3H3. The Morgan fingerprint density at radius 3 is 2.72 bits per heavy atom. The van der Waals surface area contributed by atoms with Crippen molar-refractivity contribution in [2.45, 2.75) is 33.7 Å². The number of aromatic nitrogens is 3. The first-order valence-corrected chi connectivity index (χ1v) is 7.37. The first kappa shape index (κ1) is 13.4. The Bertz CT molecular complexity index is 588. The van der Waals surface area contributed by atoms with E-state index in [1.807, 2.05) is 25.5 Å². The molecular formula is C12H14BrN3OS. The summed E-state index contributed by atoms with van der Waals surface area (Å²) in [5, 5.41) is 4.39. The van der Waals surface area contributed by atoms with Gasteiger partial charge in [-0.15, -0.1) is 11.3 Å². The van der Waals surface area contributed by atoms with Gasteiger partial charge in [-0.05, 0) is 36.7 Å². The summed E-state index contributed by atoms with van der Waals surface area (Å²) >= 11 is 4.90. The van der Waals surface area contributed by atoms with Gasteiger partial charge in [0.05, 0.1) is 38.4 Å². The van der Waals surface area contributed by atoms with Crippen molar-refractivity contribution in [2.24, 2.45) is 0 Å². The van der Waals surface area contributed by atoms with Gasteiger partial charge in [-0.3, -0.25) is 9.48 Å². The van der Waals surface area contributed by atoms with Gasteiger partial charge in [0.15, 0.2) is 5.78 Å². The van der Waals surface area contributed by atoms with Gasteiger partial charge in [0.25, 0.3) is 0 Å². The zero-order valence-corrected chi connectivity index (χ0v) is 12.9. The number of hydrogen-bond acceptors (Lipinski definition) is 4. The van der Waals surface area contributed by atoms with E-state index in [4.69, 9.17) is 0 Å². The van der Waals surface area contributed by atoms with Crippen LogP contribution in [0.1, 0.15) is 33.7 Å². The largest absolute Gasteiger partial charge is 0.293 e. The number of thiazole rings is 1. The molecule has 0 radical (unpaired) electrons. The Labute approximate surface area is 118 Å². The summed E-state index contributed by atoms with van der Waals surface area (Å²) in [6.45, 7) is 6.57. The maximum Gasteiger partial charge on any atom is 0.180 e. The predicted octanol–water partition coefficient (Wildman–Crippen LogP) is 3.16. The van der Waals surface area contributed by atoms with Crippen molar-refractivity contribution in [3.05, 3.63) is 31.9 Å². The molecule has 2 aromatic heterocycles. The lowest BCUT2D eigenvalue weighted by Crippen LogP contribution is -2.10. The lowest BCUT2D eigenvalue weighted by molar-refractivity contribution is 0.0993. The highest BCUT2D eigenvalue weighted by Crippen LogP contribution is 2.24. The Morgan fingerprint density at radius 2 is 2.17 bits per heavy atom. The number of rotatable bonds is 4. The van der Waals surface area contributed by atoms with Crippen molar-refractivity contribution in [3.8, 4) is 0 Å². The number of carbonyl (C=O) groups is 1. The molecular weight excluding hydrogens is 314 g/mol. The summed E-state index contributed by atoms with van der Waals surface area (Å²) in [4.78, 5) is 17.1. The van der Waals surface area contributed by atoms with Crippen LogP contribution in [0.25, 0.3) is 0 Å². The van der Waals surface area contributed by atoms with Gasteiger partial charge < -0.3 is 0 Å². The third kappa shape index (κ3) is 2.40. The smallest absolute Gasteiger partial charge is 0.180 e. The lowest BCUT2D eigenvalue weighted by atomic mass is 10.1. The van der Waals surface area contributed by atoms with Crippen LogP contribution < -0.4 is 0 Å². The topological polar surface area (TPSA) is 47.8 Å². The minimum Gasteiger partial charge on any atom is -0.293 e. The molecule has 4 nitrogen and oxygen atoms in total. The molecule has 18 heavy (non-hydrogen) atoms. The molecule has 2 aromatic rings. The van der Waals surface area contributed by atoms with Crippen molar-refractivity contribution in [3.63, 3.8) is 0 Å². The fraction of sp³-hybridized carbons (Fsp3) is 0.417. The van der Waals surface area contributed by atoms with Gasteiger partial charge in [-0.2, -0.15) is 5.10 Å². The highest BCUT2D eigenvalue weighted by atomic mass is 79.9. The highest BCUT2D eigenvalue weighted by Gasteiger charge is 2.18. The van der Waals surface area contributed by atoms with E-state index < -0.39 is 0 Å². The van der Waals surface area contributed by atoms with E-state index in [-0.39, 0.29) is 5.78 Å². The quantitative estimate of drug-likeness (QED) is 0.810. The fourth-order valence-electron chi connectivity index (χ4n) is 1.84. The molecule has 0 aliphatic rings. The Hall–Kier alpha value is -1.01. The maximum atomic E-state index is 12.2. The van der Waals surface area contributed by atoms with Gasteiger partial charge in [-0.1, -0.05) is 0 Å². The van der Waals surface area contributed by atoms with Crippen LogP contribution in [0.5, 0.6) is 0 Å². The number of carbonyl (C=O) groups excluding carboxylic acids is 1. The van der Waals surface area contributed by atoms with E-state index >= 15 is 0 Å². The van der Waals surface area contributed by atoms with E-state index in [0.717, 1.165) is 33.0 Å². The van der Waals surface area contributed by atoms with Crippen LogP contribution in [0.15, 0.2) is 9.98 Å². The van der Waals surface area contributed by atoms with Crippen molar-refractivity contribution < 1.29 is 4.79 Å². The van der Waals surface area contributed by atoms with Crippen LogP contribution in [0.4, 0.5) is 0 Å². The molecule has 0 amide bonds. The molecule has 0 aliphatic carbocycles. The molecule has 0 bridgehead atoms. The van der Waals surface area contributed by atoms with Crippen molar-refractivity contribution in [1.82, 2.24) is 14.8 Å². The van der Waals surface area contributed by atoms with Gasteiger partial charge in [0, 0.05) is 6.54 Å². The van der Waals surface area contributed by atoms with E-state index in [2.05, 4.69) is 26.0 Å². The van der Waals surface area contributed by atoms with Gasteiger partial charge in [-0.25, -0.2) is 4.98 Å². The van der Waals surface area contributed by atoms with Crippen molar-refractivity contribution in [2.75, 3.05) is 0 Å². The molecule has 0 aromatic carbocycles. The molecule has 0 fully saturated rings. The van der Waals surface area contributed by atoms with Crippen molar-refractivity contribution in [1.29, 1.82) is 0 Å². The SMILES string of the molecule is CCn1nc(C)c(Br)c1CC(=O)c1scnc1C. The summed E-state index contributed by atoms with van der Waals surface area (Å²) in [6.07, 6.45) is 0.359. The van der Waals surface area contributed by atoms with Crippen LogP contribution >= 0.6 is 27.3 Å².